The number of nitrogens with one attached hydrogen (secondary N) is 3. The predicted octanol–water partition coefficient (Wildman–Crippen LogP) is 9.33. The summed E-state index contributed by atoms with van der Waals surface area (Å²) in [6.45, 7) is 8.53. The molecule has 238 valence electrons. The molecule has 0 spiro atoms. The van der Waals surface area contributed by atoms with E-state index in [1.54, 1.807) is 19.3 Å². The molecule has 3 heterocycles. The Morgan fingerprint density at radius 3 is 2.69 bits per heavy atom. The second-order valence-electron chi connectivity index (χ2n) is 12.8. The molecular formula is C36H43F2N5S2. The maximum absolute atomic E-state index is 16.0. The van der Waals surface area contributed by atoms with Crippen LogP contribution in [0.3, 0.4) is 0 Å². The van der Waals surface area contributed by atoms with Gasteiger partial charge in [0.1, 0.15) is 23.2 Å². The monoisotopic (exact) mass is 647 g/mol. The lowest BCUT2D eigenvalue weighted by atomic mass is 9.74. The molecule has 0 amide bonds. The Morgan fingerprint density at radius 2 is 1.91 bits per heavy atom. The Bertz CT molecular complexity index is 1710. The van der Waals surface area contributed by atoms with Crippen molar-refractivity contribution in [2.75, 3.05) is 18.6 Å². The maximum Gasteiger partial charge on any atom is 0.153 e. The van der Waals surface area contributed by atoms with Gasteiger partial charge in [-0.3, -0.25) is 10.4 Å². The molecule has 45 heavy (non-hydrogen) atoms. The number of pyridine rings is 1. The maximum atomic E-state index is 16.0. The number of benzene rings is 2. The number of fused-ring (bicyclic) bond motifs is 5. The molecule has 0 unspecified atom stereocenters. The van der Waals surface area contributed by atoms with E-state index < -0.39 is 5.41 Å². The zero-order chi connectivity index (χ0) is 32.2. The van der Waals surface area contributed by atoms with Crippen LogP contribution in [0.25, 0.3) is 10.9 Å². The molecule has 3 N–H and O–H groups in total. The summed E-state index contributed by atoms with van der Waals surface area (Å²) in [6, 6.07) is 12.9. The first kappa shape index (κ1) is 33.2. The number of nitrogens with zero attached hydrogens (tertiary/aromatic N) is 2. The molecule has 4 aromatic rings. The highest BCUT2D eigenvalue weighted by Crippen LogP contribution is 2.40. The zero-order valence-electron chi connectivity index (χ0n) is 26.8. The van der Waals surface area contributed by atoms with E-state index in [1.165, 1.54) is 11.8 Å². The van der Waals surface area contributed by atoms with Crippen LogP contribution in [0.15, 0.2) is 69.6 Å². The third-order valence-electron chi connectivity index (χ3n) is 8.76. The molecule has 0 aliphatic carbocycles. The van der Waals surface area contributed by atoms with Crippen molar-refractivity contribution in [2.24, 2.45) is 10.4 Å². The van der Waals surface area contributed by atoms with Crippen molar-refractivity contribution in [3.05, 3.63) is 88.9 Å². The van der Waals surface area contributed by atoms with Crippen molar-refractivity contribution < 1.29 is 8.78 Å². The lowest BCUT2D eigenvalue weighted by Gasteiger charge is -2.32. The van der Waals surface area contributed by atoms with Gasteiger partial charge < -0.3 is 10.3 Å². The minimum Gasteiger partial charge on any atom is -0.371 e. The number of hydrogen-bond acceptors (Lipinski definition) is 5. The van der Waals surface area contributed by atoms with Gasteiger partial charge in [-0.1, -0.05) is 63.6 Å². The second-order valence-corrected chi connectivity index (χ2v) is 15.0. The van der Waals surface area contributed by atoms with Crippen LogP contribution in [0.2, 0.25) is 0 Å². The first-order chi connectivity index (χ1) is 21.6. The van der Waals surface area contributed by atoms with Crippen molar-refractivity contribution >= 4 is 46.1 Å². The van der Waals surface area contributed by atoms with Crippen LogP contribution in [0.4, 0.5) is 8.78 Å². The number of thioether (sulfide) groups is 1. The van der Waals surface area contributed by atoms with Gasteiger partial charge in [-0.2, -0.15) is 11.8 Å². The third-order valence-corrected chi connectivity index (χ3v) is 11.4. The first-order valence-electron chi connectivity index (χ1n) is 15.7. The summed E-state index contributed by atoms with van der Waals surface area (Å²) >= 11 is 3.28. The van der Waals surface area contributed by atoms with Crippen LogP contribution >= 0.6 is 23.5 Å². The lowest BCUT2D eigenvalue weighted by molar-refractivity contribution is 0.351. The molecule has 2 aromatic heterocycles. The van der Waals surface area contributed by atoms with Crippen molar-refractivity contribution in [3.63, 3.8) is 0 Å². The molecule has 5 nitrogen and oxygen atoms in total. The van der Waals surface area contributed by atoms with Gasteiger partial charge in [0.25, 0.3) is 0 Å². The third kappa shape index (κ3) is 7.30. The van der Waals surface area contributed by atoms with Gasteiger partial charge in [0.2, 0.25) is 0 Å². The molecule has 0 fully saturated rings. The molecule has 1 aliphatic rings. The number of rotatable bonds is 3. The minimum atomic E-state index is -0.943. The number of halogens is 2. The van der Waals surface area contributed by atoms with E-state index in [0.29, 0.717) is 40.4 Å². The fourth-order valence-electron chi connectivity index (χ4n) is 6.14. The summed E-state index contributed by atoms with van der Waals surface area (Å²) in [7, 11) is 1.75. The average molecular weight is 648 g/mol. The van der Waals surface area contributed by atoms with Crippen molar-refractivity contribution in [3.8, 4) is 0 Å². The van der Waals surface area contributed by atoms with Gasteiger partial charge in [-0.15, -0.1) is 0 Å². The van der Waals surface area contributed by atoms with Crippen molar-refractivity contribution in [1.29, 1.82) is 5.41 Å². The highest BCUT2D eigenvalue weighted by molar-refractivity contribution is 7.99. The van der Waals surface area contributed by atoms with Crippen LogP contribution in [-0.2, 0) is 18.3 Å². The Morgan fingerprint density at radius 1 is 1.09 bits per heavy atom. The van der Waals surface area contributed by atoms with Gasteiger partial charge >= 0.3 is 0 Å². The van der Waals surface area contributed by atoms with E-state index in [0.717, 1.165) is 58.6 Å². The standard InChI is InChI=1S/C36H43F2N5S2/c1-6-9-23-10-7-11-27(31(23)38)36(4)16-8-15-35(2,3)22-44-19-14-26-25-13-18-41-29(25)21-28(37)32(26)45-24-12-17-42-30(20-24)33(40-5)43-34(36)39/h7,10-13,17-18,20-21,41H,6,8-9,14-16,19,22H2,1-5H3,(H2,39,40,43)/t36-/m1/s1. The molecule has 0 saturated heterocycles. The van der Waals surface area contributed by atoms with Crippen molar-refractivity contribution in [2.45, 2.75) is 81.4 Å². The first-order valence-corrected chi connectivity index (χ1v) is 17.7. The fraction of sp³-hybridized carbons (Fsp3) is 0.417. The number of aromatic amines is 1. The average Bonchev–Trinajstić information content (AvgIpc) is 3.48. The topological polar surface area (TPSA) is 76.9 Å². The Balaban J connectivity index is 1.61. The lowest BCUT2D eigenvalue weighted by Crippen LogP contribution is -2.35. The molecule has 9 heteroatoms. The smallest absolute Gasteiger partial charge is 0.153 e. The van der Waals surface area contributed by atoms with E-state index in [2.05, 4.69) is 29.1 Å². The van der Waals surface area contributed by atoms with Gasteiger partial charge in [-0.25, -0.2) is 13.8 Å². The summed E-state index contributed by atoms with van der Waals surface area (Å²) in [5.41, 5.74) is 2.63. The quantitative estimate of drug-likeness (QED) is 0.207. The minimum absolute atomic E-state index is 0.0332. The zero-order valence-corrected chi connectivity index (χ0v) is 28.5. The molecule has 1 atom stereocenters. The molecule has 1 aliphatic heterocycles. The second kappa shape index (κ2) is 14.1. The Labute approximate surface area is 274 Å². The Hall–Kier alpha value is -3.17. The normalized spacial score (nSPS) is 21.0. The number of H-pyrrole nitrogens is 1. The molecular weight excluding hydrogens is 605 g/mol. The van der Waals surface area contributed by atoms with Gasteiger partial charge in [0, 0.05) is 40.8 Å². The van der Waals surface area contributed by atoms with E-state index in [4.69, 9.17) is 4.99 Å². The van der Waals surface area contributed by atoms with Gasteiger partial charge in [-0.05, 0) is 84.9 Å². The van der Waals surface area contributed by atoms with Crippen LogP contribution < -0.4 is 5.32 Å². The van der Waals surface area contributed by atoms with Crippen LogP contribution in [0.1, 0.15) is 75.8 Å². The van der Waals surface area contributed by atoms with E-state index >= 15 is 8.78 Å². The van der Waals surface area contributed by atoms with Crippen LogP contribution in [0, 0.1) is 22.5 Å². The molecule has 2 bridgehead atoms. The van der Waals surface area contributed by atoms with E-state index in [-0.39, 0.29) is 22.9 Å². The predicted molar refractivity (Wildman–Crippen MR) is 186 cm³/mol. The Kier molecular flexibility index (Phi) is 10.4. The highest BCUT2D eigenvalue weighted by Gasteiger charge is 2.36. The van der Waals surface area contributed by atoms with Crippen LogP contribution in [-0.4, -0.2) is 40.2 Å². The fourth-order valence-corrected chi connectivity index (χ4v) is 8.36. The van der Waals surface area contributed by atoms with E-state index in [9.17, 15) is 5.41 Å². The number of aliphatic imine (C=N–C) groups is 1. The van der Waals surface area contributed by atoms with Crippen molar-refractivity contribution in [1.82, 2.24) is 15.3 Å². The molecule has 2 aromatic carbocycles. The summed E-state index contributed by atoms with van der Waals surface area (Å²) in [5, 5.41) is 13.5. The number of hydrogen-bond donors (Lipinski definition) is 3. The summed E-state index contributed by atoms with van der Waals surface area (Å²) in [6.07, 6.45) is 8.12. The van der Waals surface area contributed by atoms with Gasteiger partial charge in [0.05, 0.1) is 10.3 Å². The molecule has 0 radical (unpaired) electrons. The van der Waals surface area contributed by atoms with E-state index in [1.807, 2.05) is 68.2 Å². The van der Waals surface area contributed by atoms with Crippen LogP contribution in [0.5, 0.6) is 0 Å². The summed E-state index contributed by atoms with van der Waals surface area (Å²) in [5.74, 6) is 1.83. The molecule has 0 saturated carbocycles. The number of aryl methyl sites for hydroxylation is 2. The highest BCUT2D eigenvalue weighted by atomic mass is 32.2. The SMILES string of the molecule is CCCc1cccc([C@@]2(C)CCCC(C)(C)CSCCc3c(c(F)cc4[nH]ccc34)Sc3ccnc(c3)/C(NC)=N/C2=N)c1F. The number of amidine groups is 2. The molecule has 5 rings (SSSR count). The number of aromatic nitrogens is 2. The summed E-state index contributed by atoms with van der Waals surface area (Å²) < 4.78 is 31.7. The largest absolute Gasteiger partial charge is 0.371 e. The van der Waals surface area contributed by atoms with Gasteiger partial charge in [0.15, 0.2) is 5.84 Å². The summed E-state index contributed by atoms with van der Waals surface area (Å²) in [4.78, 5) is 14.0.